The van der Waals surface area contributed by atoms with E-state index in [1.165, 1.54) is 4.90 Å². The Bertz CT molecular complexity index is 566. The first-order valence-electron chi connectivity index (χ1n) is 6.04. The molecule has 0 aliphatic heterocycles. The first kappa shape index (κ1) is 13.7. The molecule has 0 atom stereocenters. The van der Waals surface area contributed by atoms with Gasteiger partial charge in [-0.15, -0.1) is 0 Å². The van der Waals surface area contributed by atoms with Gasteiger partial charge in [0.2, 0.25) is 0 Å². The number of methoxy groups -OCH3 is 2. The number of amides is 2. The number of anilines is 2. The van der Waals surface area contributed by atoms with E-state index in [9.17, 15) is 4.79 Å². The molecule has 104 valence electrons. The minimum absolute atomic E-state index is 0.553. The van der Waals surface area contributed by atoms with Crippen LogP contribution in [0, 0.1) is 0 Å². The molecule has 0 saturated carbocycles. The second-order valence-corrected chi connectivity index (χ2v) is 4.02. The molecule has 20 heavy (non-hydrogen) atoms. The Morgan fingerprint density at radius 2 is 1.30 bits per heavy atom. The number of nitrogens with zero attached hydrogens (tertiary/aromatic N) is 1. The molecule has 0 unspecified atom stereocenters. The molecule has 0 aromatic heterocycles. The van der Waals surface area contributed by atoms with Crippen molar-refractivity contribution in [2.45, 2.75) is 0 Å². The predicted molar refractivity (Wildman–Crippen MR) is 77.7 cm³/mol. The average molecular weight is 272 g/mol. The van der Waals surface area contributed by atoms with Crippen LogP contribution in [0.1, 0.15) is 0 Å². The number of carbonyl (C=O) groups is 1. The van der Waals surface area contributed by atoms with Crippen LogP contribution in [0.4, 0.5) is 16.2 Å². The van der Waals surface area contributed by atoms with Crippen molar-refractivity contribution < 1.29 is 14.3 Å². The number of urea groups is 1. The van der Waals surface area contributed by atoms with E-state index < -0.39 is 6.03 Å². The highest BCUT2D eigenvalue weighted by Crippen LogP contribution is 2.37. The van der Waals surface area contributed by atoms with E-state index in [0.717, 1.165) is 0 Å². The predicted octanol–water partition coefficient (Wildman–Crippen LogP) is 2.92. The molecule has 0 aliphatic carbocycles. The van der Waals surface area contributed by atoms with Crippen molar-refractivity contribution in [3.63, 3.8) is 0 Å². The van der Waals surface area contributed by atoms with Gasteiger partial charge in [-0.25, -0.2) is 4.79 Å². The van der Waals surface area contributed by atoms with Crippen molar-refractivity contribution in [2.24, 2.45) is 5.73 Å². The zero-order valence-electron chi connectivity index (χ0n) is 11.4. The molecule has 5 heteroatoms. The zero-order chi connectivity index (χ0) is 14.5. The number of para-hydroxylation sites is 4. The highest BCUT2D eigenvalue weighted by molar-refractivity contribution is 6.01. The SMILES string of the molecule is COc1ccccc1N(C(N)=O)c1ccccc1OC. The molecular weight excluding hydrogens is 256 g/mol. The Balaban J connectivity index is 2.60. The molecule has 2 aromatic carbocycles. The number of rotatable bonds is 4. The normalized spacial score (nSPS) is 9.90. The Hall–Kier alpha value is -2.69. The molecule has 2 amide bonds. The molecule has 2 N–H and O–H groups in total. The standard InChI is InChI=1S/C15H16N2O3/c1-19-13-9-5-3-7-11(13)17(15(16)18)12-8-4-6-10-14(12)20-2/h3-10H,1-2H3,(H2,16,18). The van der Waals surface area contributed by atoms with Crippen molar-refractivity contribution in [1.82, 2.24) is 0 Å². The molecule has 2 aromatic rings. The summed E-state index contributed by atoms with van der Waals surface area (Å²) >= 11 is 0. The Kier molecular flexibility index (Phi) is 4.10. The van der Waals surface area contributed by atoms with Crippen LogP contribution in [0.2, 0.25) is 0 Å². The van der Waals surface area contributed by atoms with Crippen LogP contribution in [0.15, 0.2) is 48.5 Å². The second-order valence-electron chi connectivity index (χ2n) is 4.02. The van der Waals surface area contributed by atoms with E-state index >= 15 is 0 Å². The third-order valence-corrected chi connectivity index (χ3v) is 2.87. The number of hydrogen-bond donors (Lipinski definition) is 1. The molecule has 0 fully saturated rings. The van der Waals surface area contributed by atoms with E-state index in [1.807, 2.05) is 24.3 Å². The monoisotopic (exact) mass is 272 g/mol. The van der Waals surface area contributed by atoms with Crippen molar-refractivity contribution in [3.8, 4) is 11.5 Å². The molecule has 0 heterocycles. The molecule has 0 saturated heterocycles. The van der Waals surface area contributed by atoms with Gasteiger partial charge in [-0.2, -0.15) is 0 Å². The lowest BCUT2D eigenvalue weighted by atomic mass is 10.2. The van der Waals surface area contributed by atoms with Crippen LogP contribution >= 0.6 is 0 Å². The average Bonchev–Trinajstić information content (AvgIpc) is 2.48. The summed E-state index contributed by atoms with van der Waals surface area (Å²) in [6.45, 7) is 0. The van der Waals surface area contributed by atoms with Gasteiger partial charge in [0.1, 0.15) is 11.5 Å². The summed E-state index contributed by atoms with van der Waals surface area (Å²) in [5.41, 5.74) is 6.65. The maximum absolute atomic E-state index is 11.9. The molecule has 0 aliphatic rings. The maximum atomic E-state index is 11.9. The summed E-state index contributed by atoms with van der Waals surface area (Å²) in [5.74, 6) is 1.11. The maximum Gasteiger partial charge on any atom is 0.324 e. The largest absolute Gasteiger partial charge is 0.495 e. The second kappa shape index (κ2) is 5.97. The van der Waals surface area contributed by atoms with Gasteiger partial charge in [0.15, 0.2) is 0 Å². The summed E-state index contributed by atoms with van der Waals surface area (Å²) < 4.78 is 10.6. The van der Waals surface area contributed by atoms with E-state index in [-0.39, 0.29) is 0 Å². The summed E-state index contributed by atoms with van der Waals surface area (Å²) in [7, 11) is 3.08. The molecule has 5 nitrogen and oxygen atoms in total. The molecule has 0 spiro atoms. The van der Waals surface area contributed by atoms with Gasteiger partial charge in [-0.3, -0.25) is 4.90 Å². The summed E-state index contributed by atoms with van der Waals surface area (Å²) in [5, 5.41) is 0. The molecular formula is C15H16N2O3. The Morgan fingerprint density at radius 1 is 0.900 bits per heavy atom. The molecule has 2 rings (SSSR count). The van der Waals surface area contributed by atoms with Gasteiger partial charge < -0.3 is 15.2 Å². The van der Waals surface area contributed by atoms with E-state index in [0.29, 0.717) is 22.9 Å². The molecule has 0 radical (unpaired) electrons. The highest BCUT2D eigenvalue weighted by Gasteiger charge is 2.21. The van der Waals surface area contributed by atoms with Crippen LogP contribution in [-0.2, 0) is 0 Å². The first-order valence-corrected chi connectivity index (χ1v) is 6.04. The minimum atomic E-state index is -0.612. The van der Waals surface area contributed by atoms with Gasteiger partial charge in [0, 0.05) is 0 Å². The van der Waals surface area contributed by atoms with Gasteiger partial charge in [-0.1, -0.05) is 24.3 Å². The van der Waals surface area contributed by atoms with Crippen molar-refractivity contribution in [2.75, 3.05) is 19.1 Å². The van der Waals surface area contributed by atoms with Crippen LogP contribution in [0.5, 0.6) is 11.5 Å². The lowest BCUT2D eigenvalue weighted by Gasteiger charge is -2.24. The number of nitrogens with two attached hydrogens (primary N) is 1. The van der Waals surface area contributed by atoms with Crippen molar-refractivity contribution in [1.29, 1.82) is 0 Å². The van der Waals surface area contributed by atoms with Crippen LogP contribution in [0.25, 0.3) is 0 Å². The summed E-state index contributed by atoms with van der Waals surface area (Å²) in [6, 6.07) is 13.7. The Morgan fingerprint density at radius 3 is 1.65 bits per heavy atom. The molecule has 0 bridgehead atoms. The van der Waals surface area contributed by atoms with Gasteiger partial charge in [0.25, 0.3) is 0 Å². The number of carbonyl (C=O) groups excluding carboxylic acids is 1. The first-order chi connectivity index (χ1) is 9.69. The van der Waals surface area contributed by atoms with Crippen LogP contribution in [-0.4, -0.2) is 20.3 Å². The fraction of sp³-hybridized carbons (Fsp3) is 0.133. The van der Waals surface area contributed by atoms with Crippen LogP contribution < -0.4 is 20.1 Å². The fourth-order valence-electron chi connectivity index (χ4n) is 2.00. The van der Waals surface area contributed by atoms with E-state index in [1.54, 1.807) is 38.5 Å². The summed E-state index contributed by atoms with van der Waals surface area (Å²) in [4.78, 5) is 13.2. The number of benzene rings is 2. The summed E-state index contributed by atoms with van der Waals surface area (Å²) in [6.07, 6.45) is 0. The third-order valence-electron chi connectivity index (χ3n) is 2.87. The topological polar surface area (TPSA) is 64.8 Å². The lowest BCUT2D eigenvalue weighted by Crippen LogP contribution is -2.32. The third kappa shape index (κ3) is 2.51. The smallest absolute Gasteiger partial charge is 0.324 e. The van der Waals surface area contributed by atoms with E-state index in [4.69, 9.17) is 15.2 Å². The van der Waals surface area contributed by atoms with Crippen molar-refractivity contribution in [3.05, 3.63) is 48.5 Å². The fourth-order valence-corrected chi connectivity index (χ4v) is 2.00. The number of ether oxygens (including phenoxy) is 2. The van der Waals surface area contributed by atoms with Gasteiger partial charge in [0.05, 0.1) is 25.6 Å². The lowest BCUT2D eigenvalue weighted by molar-refractivity contribution is 0.255. The number of hydrogen-bond acceptors (Lipinski definition) is 3. The minimum Gasteiger partial charge on any atom is -0.495 e. The van der Waals surface area contributed by atoms with Gasteiger partial charge in [-0.05, 0) is 24.3 Å². The van der Waals surface area contributed by atoms with Gasteiger partial charge >= 0.3 is 6.03 Å². The zero-order valence-corrected chi connectivity index (χ0v) is 11.4. The van der Waals surface area contributed by atoms with Crippen LogP contribution in [0.3, 0.4) is 0 Å². The van der Waals surface area contributed by atoms with Crippen molar-refractivity contribution >= 4 is 17.4 Å². The Labute approximate surface area is 117 Å². The van der Waals surface area contributed by atoms with E-state index in [2.05, 4.69) is 0 Å². The highest BCUT2D eigenvalue weighted by atomic mass is 16.5. The quantitative estimate of drug-likeness (QED) is 0.930. The number of primary amides is 1.